The molecule has 0 aliphatic heterocycles. The molecule has 1 N–H and O–H groups in total. The molecule has 0 radical (unpaired) electrons. The molecule has 0 fully saturated rings. The zero-order valence-electron chi connectivity index (χ0n) is 12.0. The molecule has 0 bridgehead atoms. The molecule has 0 saturated carbocycles. The zero-order valence-corrected chi connectivity index (χ0v) is 13.6. The van der Waals surface area contributed by atoms with Gasteiger partial charge >= 0.3 is 0 Å². The molecule has 2 rings (SSSR count). The van der Waals surface area contributed by atoms with Crippen molar-refractivity contribution < 1.29 is 4.74 Å². The Bertz CT molecular complexity index is 695. The Morgan fingerprint density at radius 1 is 1.29 bits per heavy atom. The number of aromatic nitrogens is 2. The predicted molar refractivity (Wildman–Crippen MR) is 84.8 cm³/mol. The number of benzene rings is 1. The summed E-state index contributed by atoms with van der Waals surface area (Å²) in [6.07, 6.45) is 0. The SMILES string of the molecule is COc1cc(C#N)ccc1Nc1cc(Br)nc(C(C)C)n1. The van der Waals surface area contributed by atoms with Crippen molar-refractivity contribution in [1.82, 2.24) is 9.97 Å². The second-order valence-corrected chi connectivity index (χ2v) is 5.55. The molecule has 1 heterocycles. The highest BCUT2D eigenvalue weighted by atomic mass is 79.9. The fraction of sp³-hybridized carbons (Fsp3) is 0.267. The van der Waals surface area contributed by atoms with Crippen LogP contribution in [0.5, 0.6) is 5.75 Å². The van der Waals surface area contributed by atoms with E-state index in [1.54, 1.807) is 31.4 Å². The lowest BCUT2D eigenvalue weighted by Crippen LogP contribution is -2.03. The van der Waals surface area contributed by atoms with E-state index < -0.39 is 0 Å². The average Bonchev–Trinajstić information content (AvgIpc) is 2.47. The first-order valence-electron chi connectivity index (χ1n) is 6.43. The van der Waals surface area contributed by atoms with Crippen molar-refractivity contribution >= 4 is 27.4 Å². The van der Waals surface area contributed by atoms with Gasteiger partial charge < -0.3 is 10.1 Å². The predicted octanol–water partition coefficient (Wildman–Crippen LogP) is 3.99. The standard InChI is InChI=1S/C15H15BrN4O/c1-9(2)15-19-13(16)7-14(20-15)18-11-5-4-10(8-17)6-12(11)21-3/h4-7,9H,1-3H3,(H,18,19,20). The Morgan fingerprint density at radius 3 is 2.67 bits per heavy atom. The van der Waals surface area contributed by atoms with Gasteiger partial charge in [0.05, 0.1) is 24.4 Å². The van der Waals surface area contributed by atoms with Gasteiger partial charge in [-0.3, -0.25) is 0 Å². The summed E-state index contributed by atoms with van der Waals surface area (Å²) < 4.78 is 6.02. The van der Waals surface area contributed by atoms with E-state index in [0.29, 0.717) is 17.1 Å². The van der Waals surface area contributed by atoms with Gasteiger partial charge in [0.1, 0.15) is 22.0 Å². The summed E-state index contributed by atoms with van der Waals surface area (Å²) in [5.74, 6) is 2.24. The maximum absolute atomic E-state index is 8.92. The monoisotopic (exact) mass is 346 g/mol. The Morgan fingerprint density at radius 2 is 2.05 bits per heavy atom. The van der Waals surface area contributed by atoms with Gasteiger partial charge in [-0.25, -0.2) is 9.97 Å². The summed E-state index contributed by atoms with van der Waals surface area (Å²) in [5.41, 5.74) is 1.29. The van der Waals surface area contributed by atoms with Gasteiger partial charge in [-0.05, 0) is 28.1 Å². The average molecular weight is 347 g/mol. The molecule has 2 aromatic rings. The highest BCUT2D eigenvalue weighted by Crippen LogP contribution is 2.29. The quantitative estimate of drug-likeness (QED) is 0.847. The molecule has 0 atom stereocenters. The number of nitrogens with zero attached hydrogens (tertiary/aromatic N) is 3. The Balaban J connectivity index is 2.36. The molecule has 0 aliphatic rings. The lowest BCUT2D eigenvalue weighted by atomic mass is 10.2. The molecule has 0 unspecified atom stereocenters. The summed E-state index contributed by atoms with van der Waals surface area (Å²) in [6, 6.07) is 9.08. The van der Waals surface area contributed by atoms with E-state index in [4.69, 9.17) is 10.00 Å². The molecule has 21 heavy (non-hydrogen) atoms. The van der Waals surface area contributed by atoms with Crippen molar-refractivity contribution in [2.45, 2.75) is 19.8 Å². The molecule has 0 amide bonds. The van der Waals surface area contributed by atoms with E-state index in [2.05, 4.69) is 37.3 Å². The molecule has 108 valence electrons. The summed E-state index contributed by atoms with van der Waals surface area (Å²) in [4.78, 5) is 8.81. The van der Waals surface area contributed by atoms with Crippen LogP contribution in [0.3, 0.4) is 0 Å². The molecular formula is C15H15BrN4O. The van der Waals surface area contributed by atoms with Crippen molar-refractivity contribution in [3.05, 3.63) is 40.3 Å². The molecule has 0 saturated heterocycles. The van der Waals surface area contributed by atoms with Gasteiger partial charge in [0.2, 0.25) is 0 Å². The molecule has 1 aromatic heterocycles. The van der Waals surface area contributed by atoms with Gasteiger partial charge in [0, 0.05) is 18.1 Å². The van der Waals surface area contributed by atoms with Crippen LogP contribution >= 0.6 is 15.9 Å². The minimum Gasteiger partial charge on any atom is -0.495 e. The number of rotatable bonds is 4. The zero-order chi connectivity index (χ0) is 15.4. The van der Waals surface area contributed by atoms with Crippen molar-refractivity contribution in [2.24, 2.45) is 0 Å². The van der Waals surface area contributed by atoms with Crippen LogP contribution in [-0.4, -0.2) is 17.1 Å². The summed E-state index contributed by atoms with van der Waals surface area (Å²) in [6.45, 7) is 4.07. The highest BCUT2D eigenvalue weighted by molar-refractivity contribution is 9.10. The minimum atomic E-state index is 0.228. The smallest absolute Gasteiger partial charge is 0.143 e. The van der Waals surface area contributed by atoms with Crippen LogP contribution in [0.1, 0.15) is 31.2 Å². The van der Waals surface area contributed by atoms with Gasteiger partial charge in [-0.15, -0.1) is 0 Å². The van der Waals surface area contributed by atoms with Gasteiger partial charge in [0.15, 0.2) is 0 Å². The van der Waals surface area contributed by atoms with E-state index in [-0.39, 0.29) is 5.92 Å². The number of hydrogen-bond donors (Lipinski definition) is 1. The Hall–Kier alpha value is -2.13. The number of ether oxygens (including phenoxy) is 1. The van der Waals surface area contributed by atoms with Gasteiger partial charge in [-0.1, -0.05) is 13.8 Å². The third-order valence-corrected chi connectivity index (χ3v) is 3.23. The number of nitriles is 1. The van der Waals surface area contributed by atoms with Gasteiger partial charge in [0.25, 0.3) is 0 Å². The first kappa shape index (κ1) is 15.3. The van der Waals surface area contributed by atoms with Gasteiger partial charge in [-0.2, -0.15) is 5.26 Å². The van der Waals surface area contributed by atoms with Crippen LogP contribution in [0, 0.1) is 11.3 Å². The topological polar surface area (TPSA) is 70.8 Å². The van der Waals surface area contributed by atoms with Crippen LogP contribution in [0.4, 0.5) is 11.5 Å². The lowest BCUT2D eigenvalue weighted by Gasteiger charge is -2.12. The summed E-state index contributed by atoms with van der Waals surface area (Å²) in [5, 5.41) is 12.1. The minimum absolute atomic E-state index is 0.228. The largest absolute Gasteiger partial charge is 0.495 e. The number of anilines is 2. The van der Waals surface area contributed by atoms with Crippen molar-refractivity contribution in [2.75, 3.05) is 12.4 Å². The summed E-state index contributed by atoms with van der Waals surface area (Å²) >= 11 is 3.39. The molecule has 6 heteroatoms. The van der Waals surface area contributed by atoms with E-state index in [0.717, 1.165) is 16.1 Å². The normalized spacial score (nSPS) is 10.3. The van der Waals surface area contributed by atoms with Crippen molar-refractivity contribution in [1.29, 1.82) is 5.26 Å². The van der Waals surface area contributed by atoms with Crippen LogP contribution in [-0.2, 0) is 0 Å². The first-order chi connectivity index (χ1) is 10.0. The van der Waals surface area contributed by atoms with E-state index in [1.165, 1.54) is 0 Å². The van der Waals surface area contributed by atoms with E-state index in [1.807, 2.05) is 13.8 Å². The molecule has 5 nitrogen and oxygen atoms in total. The van der Waals surface area contributed by atoms with Crippen molar-refractivity contribution in [3.63, 3.8) is 0 Å². The molecule has 0 spiro atoms. The fourth-order valence-corrected chi connectivity index (χ4v) is 2.16. The fourth-order valence-electron chi connectivity index (χ4n) is 1.76. The van der Waals surface area contributed by atoms with E-state index >= 15 is 0 Å². The number of hydrogen-bond acceptors (Lipinski definition) is 5. The molecule has 1 aromatic carbocycles. The Labute approximate surface area is 132 Å². The van der Waals surface area contributed by atoms with E-state index in [9.17, 15) is 0 Å². The highest BCUT2D eigenvalue weighted by Gasteiger charge is 2.10. The van der Waals surface area contributed by atoms with Crippen LogP contribution in [0.2, 0.25) is 0 Å². The second-order valence-electron chi connectivity index (χ2n) is 4.74. The maximum atomic E-state index is 8.92. The van der Waals surface area contributed by atoms with Crippen LogP contribution in [0.15, 0.2) is 28.9 Å². The lowest BCUT2D eigenvalue weighted by molar-refractivity contribution is 0.416. The van der Waals surface area contributed by atoms with Crippen molar-refractivity contribution in [3.8, 4) is 11.8 Å². The third kappa shape index (κ3) is 3.70. The first-order valence-corrected chi connectivity index (χ1v) is 7.22. The maximum Gasteiger partial charge on any atom is 0.143 e. The number of halogens is 1. The number of nitrogens with one attached hydrogen (secondary N) is 1. The summed E-state index contributed by atoms with van der Waals surface area (Å²) in [7, 11) is 1.57. The van der Waals surface area contributed by atoms with Crippen LogP contribution < -0.4 is 10.1 Å². The Kier molecular flexibility index (Phi) is 4.76. The van der Waals surface area contributed by atoms with Crippen LogP contribution in [0.25, 0.3) is 0 Å². The third-order valence-electron chi connectivity index (χ3n) is 2.82. The molecule has 0 aliphatic carbocycles. The number of methoxy groups -OCH3 is 1. The molecular weight excluding hydrogens is 332 g/mol. The second kappa shape index (κ2) is 6.55.